The SMILES string of the molecule is CC.CC[C@H](C(=O)O)c1ccc(C(C)(C)C)cc1.FC(F)F. The zero-order valence-electron chi connectivity index (χ0n) is 14.2. The molecule has 0 aliphatic rings. The molecule has 0 spiro atoms. The summed E-state index contributed by atoms with van der Waals surface area (Å²) in [5, 5.41) is 9.06. The summed E-state index contributed by atoms with van der Waals surface area (Å²) in [4.78, 5) is 11.0. The normalized spacial score (nSPS) is 11.7. The van der Waals surface area contributed by atoms with Crippen LogP contribution in [0.25, 0.3) is 0 Å². The van der Waals surface area contributed by atoms with Gasteiger partial charge in [-0.25, -0.2) is 0 Å². The molecule has 1 N–H and O–H groups in total. The Hall–Kier alpha value is -1.52. The van der Waals surface area contributed by atoms with E-state index in [0.29, 0.717) is 6.42 Å². The number of carboxylic acids is 1. The third-order valence-corrected chi connectivity index (χ3v) is 2.89. The quantitative estimate of drug-likeness (QED) is 0.768. The van der Waals surface area contributed by atoms with Crippen molar-refractivity contribution >= 4 is 5.97 Å². The van der Waals surface area contributed by atoms with E-state index in [2.05, 4.69) is 20.8 Å². The minimum Gasteiger partial charge on any atom is -0.481 e. The fraction of sp³-hybridized carbons (Fsp3) is 0.588. The van der Waals surface area contributed by atoms with Crippen molar-refractivity contribution in [2.75, 3.05) is 0 Å². The van der Waals surface area contributed by atoms with Gasteiger partial charge in [0, 0.05) is 0 Å². The molecule has 0 bridgehead atoms. The Balaban J connectivity index is 0. The molecule has 22 heavy (non-hydrogen) atoms. The number of carbonyl (C=O) groups is 1. The van der Waals surface area contributed by atoms with Gasteiger partial charge in [-0.1, -0.05) is 65.8 Å². The monoisotopic (exact) mass is 320 g/mol. The maximum atomic E-state index is 11.0. The van der Waals surface area contributed by atoms with Crippen LogP contribution in [0.2, 0.25) is 0 Å². The molecule has 0 saturated carbocycles. The van der Waals surface area contributed by atoms with Gasteiger partial charge in [0.2, 0.25) is 0 Å². The summed E-state index contributed by atoms with van der Waals surface area (Å²) in [6, 6.07) is 7.92. The van der Waals surface area contributed by atoms with Gasteiger partial charge in [0.05, 0.1) is 5.92 Å². The Morgan fingerprint density at radius 1 is 1.09 bits per heavy atom. The van der Waals surface area contributed by atoms with Crippen molar-refractivity contribution in [3.05, 3.63) is 35.4 Å². The highest BCUT2D eigenvalue weighted by Crippen LogP contribution is 2.25. The second-order valence-electron chi connectivity index (χ2n) is 5.42. The maximum Gasteiger partial charge on any atom is 0.379 e. The fourth-order valence-electron chi connectivity index (χ4n) is 1.77. The van der Waals surface area contributed by atoms with Crippen molar-refractivity contribution in [3.63, 3.8) is 0 Å². The summed E-state index contributed by atoms with van der Waals surface area (Å²) in [6.07, 6.45) is 0.629. The highest BCUT2D eigenvalue weighted by Gasteiger charge is 2.19. The molecule has 1 rings (SSSR count). The van der Waals surface area contributed by atoms with E-state index < -0.39 is 12.6 Å². The van der Waals surface area contributed by atoms with E-state index in [1.165, 1.54) is 5.56 Å². The number of hydrogen-bond acceptors (Lipinski definition) is 1. The first-order chi connectivity index (χ1) is 10.1. The number of aliphatic carboxylic acids is 1. The lowest BCUT2D eigenvalue weighted by Gasteiger charge is -2.20. The first-order valence-corrected chi connectivity index (χ1v) is 7.35. The van der Waals surface area contributed by atoms with E-state index in [-0.39, 0.29) is 11.3 Å². The van der Waals surface area contributed by atoms with Gasteiger partial charge in [0.25, 0.3) is 0 Å². The smallest absolute Gasteiger partial charge is 0.379 e. The lowest BCUT2D eigenvalue weighted by Crippen LogP contribution is -2.13. The van der Waals surface area contributed by atoms with Gasteiger partial charge >= 0.3 is 12.6 Å². The minimum atomic E-state index is -3.67. The van der Waals surface area contributed by atoms with Crippen molar-refractivity contribution in [3.8, 4) is 0 Å². The van der Waals surface area contributed by atoms with Crippen molar-refractivity contribution in [2.45, 2.75) is 66.0 Å². The summed E-state index contributed by atoms with van der Waals surface area (Å²) >= 11 is 0. The first kappa shape index (κ1) is 22.8. The van der Waals surface area contributed by atoms with Gasteiger partial charge < -0.3 is 5.11 Å². The third-order valence-electron chi connectivity index (χ3n) is 2.89. The summed E-state index contributed by atoms with van der Waals surface area (Å²) in [5.41, 5.74) is 2.24. The van der Waals surface area contributed by atoms with E-state index >= 15 is 0 Å². The number of carboxylic acid groups (broad SMARTS) is 1. The van der Waals surface area contributed by atoms with E-state index in [1.807, 2.05) is 45.0 Å². The van der Waals surface area contributed by atoms with Gasteiger partial charge in [-0.15, -0.1) is 0 Å². The highest BCUT2D eigenvalue weighted by molar-refractivity contribution is 5.75. The number of halogens is 3. The Labute approximate surface area is 131 Å². The van der Waals surface area contributed by atoms with Gasteiger partial charge in [-0.2, -0.15) is 13.2 Å². The van der Waals surface area contributed by atoms with E-state index in [0.717, 1.165) is 5.56 Å². The van der Waals surface area contributed by atoms with Crippen molar-refractivity contribution < 1.29 is 23.1 Å². The predicted octanol–water partition coefficient (Wildman–Crippen LogP) is 5.77. The second-order valence-corrected chi connectivity index (χ2v) is 5.42. The molecule has 0 aliphatic heterocycles. The standard InChI is InChI=1S/C14H20O2.C2H6.CHF3/c1-5-12(13(15)16)10-6-8-11(9-7-10)14(2,3)4;1-2;2-1(3)4/h6-9,12H,5H2,1-4H3,(H,15,16);1-2H3;1H/t12-;;/m0../s1. The first-order valence-electron chi connectivity index (χ1n) is 7.35. The Kier molecular flexibility index (Phi) is 11.5. The molecule has 1 aromatic rings. The molecule has 0 heterocycles. The summed E-state index contributed by atoms with van der Waals surface area (Å²) in [7, 11) is 0. The van der Waals surface area contributed by atoms with Crippen LogP contribution in [0.5, 0.6) is 0 Å². The topological polar surface area (TPSA) is 37.3 Å². The number of hydrogen-bond donors (Lipinski definition) is 1. The molecule has 0 saturated heterocycles. The lowest BCUT2D eigenvalue weighted by atomic mass is 9.85. The lowest BCUT2D eigenvalue weighted by molar-refractivity contribution is -0.138. The van der Waals surface area contributed by atoms with Gasteiger partial charge in [-0.05, 0) is 23.0 Å². The van der Waals surface area contributed by atoms with Crippen LogP contribution in [-0.2, 0) is 10.2 Å². The summed E-state index contributed by atoms with van der Waals surface area (Å²) in [5.74, 6) is -1.12. The average Bonchev–Trinajstić information content (AvgIpc) is 2.40. The molecule has 0 radical (unpaired) electrons. The predicted molar refractivity (Wildman–Crippen MR) is 84.3 cm³/mol. The Morgan fingerprint density at radius 2 is 1.45 bits per heavy atom. The number of benzene rings is 1. The molecule has 1 atom stereocenters. The van der Waals surface area contributed by atoms with E-state index in [9.17, 15) is 18.0 Å². The van der Waals surface area contributed by atoms with Crippen LogP contribution in [-0.4, -0.2) is 17.8 Å². The van der Waals surface area contributed by atoms with Crippen LogP contribution in [0.1, 0.15) is 65.0 Å². The van der Waals surface area contributed by atoms with E-state index in [4.69, 9.17) is 5.11 Å². The number of rotatable bonds is 3. The molecule has 0 amide bonds. The molecular formula is C17H27F3O2. The van der Waals surface area contributed by atoms with Crippen LogP contribution in [0, 0.1) is 0 Å². The molecule has 5 heteroatoms. The zero-order chi connectivity index (χ0) is 17.9. The molecule has 0 aliphatic carbocycles. The summed E-state index contributed by atoms with van der Waals surface area (Å²) in [6.45, 7) is 8.68. The van der Waals surface area contributed by atoms with Crippen LogP contribution < -0.4 is 0 Å². The van der Waals surface area contributed by atoms with Crippen LogP contribution in [0.4, 0.5) is 13.2 Å². The Morgan fingerprint density at radius 3 is 1.68 bits per heavy atom. The molecular weight excluding hydrogens is 293 g/mol. The Bertz CT molecular complexity index is 406. The highest BCUT2D eigenvalue weighted by atomic mass is 19.4. The molecule has 0 fully saturated rings. The van der Waals surface area contributed by atoms with Crippen LogP contribution in [0.15, 0.2) is 24.3 Å². The van der Waals surface area contributed by atoms with Crippen LogP contribution in [0.3, 0.4) is 0 Å². The molecule has 0 unspecified atom stereocenters. The zero-order valence-corrected chi connectivity index (χ0v) is 14.2. The maximum absolute atomic E-state index is 11.0. The third kappa shape index (κ3) is 9.42. The van der Waals surface area contributed by atoms with E-state index in [1.54, 1.807) is 0 Å². The van der Waals surface area contributed by atoms with Gasteiger partial charge in [0.15, 0.2) is 0 Å². The minimum absolute atomic E-state index is 0.115. The molecule has 1 aromatic carbocycles. The van der Waals surface area contributed by atoms with Crippen LogP contribution >= 0.6 is 0 Å². The second kappa shape index (κ2) is 11.1. The van der Waals surface area contributed by atoms with Crippen molar-refractivity contribution in [2.24, 2.45) is 0 Å². The van der Waals surface area contributed by atoms with Crippen molar-refractivity contribution in [1.29, 1.82) is 0 Å². The van der Waals surface area contributed by atoms with Gasteiger partial charge in [-0.3, -0.25) is 4.79 Å². The van der Waals surface area contributed by atoms with Gasteiger partial charge in [0.1, 0.15) is 0 Å². The largest absolute Gasteiger partial charge is 0.481 e. The molecule has 0 aromatic heterocycles. The fourth-order valence-corrected chi connectivity index (χ4v) is 1.77. The average molecular weight is 320 g/mol. The summed E-state index contributed by atoms with van der Waals surface area (Å²) < 4.78 is 29.0. The molecule has 2 nitrogen and oxygen atoms in total. The number of alkyl halides is 3. The van der Waals surface area contributed by atoms with Crippen molar-refractivity contribution in [1.82, 2.24) is 0 Å². The molecule has 128 valence electrons.